The van der Waals surface area contributed by atoms with Crippen LogP contribution >= 0.6 is 27.5 Å². The number of aromatic nitrogens is 4. The summed E-state index contributed by atoms with van der Waals surface area (Å²) in [6, 6.07) is 7.65. The minimum absolute atomic E-state index is 0.269. The van der Waals surface area contributed by atoms with Crippen molar-refractivity contribution in [3.05, 3.63) is 62.1 Å². The number of rotatable bonds is 4. The number of nitrogens with one attached hydrogen (secondary N) is 1. The Hall–Kier alpha value is -2.12. The van der Waals surface area contributed by atoms with Gasteiger partial charge in [-0.2, -0.15) is 10.2 Å². The molecule has 6 nitrogen and oxygen atoms in total. The van der Waals surface area contributed by atoms with Gasteiger partial charge in [-0.15, -0.1) is 0 Å². The molecule has 0 fully saturated rings. The summed E-state index contributed by atoms with van der Waals surface area (Å²) in [5.41, 5.74) is 4.61. The van der Waals surface area contributed by atoms with Gasteiger partial charge in [0.25, 0.3) is 5.91 Å². The first-order chi connectivity index (χ1) is 12.3. The molecule has 0 saturated heterocycles. The number of amides is 1. The molecule has 3 rings (SSSR count). The van der Waals surface area contributed by atoms with Gasteiger partial charge in [0.2, 0.25) is 0 Å². The number of hydrogen-bond donors (Lipinski definition) is 1. The highest BCUT2D eigenvalue weighted by Crippen LogP contribution is 2.25. The number of nitrogens with zero attached hydrogens (tertiary/aromatic N) is 4. The number of benzene rings is 1. The molecule has 0 aliphatic rings. The Morgan fingerprint density at radius 2 is 1.96 bits per heavy atom. The van der Waals surface area contributed by atoms with Gasteiger partial charge < -0.3 is 5.32 Å². The van der Waals surface area contributed by atoms with Crippen LogP contribution in [-0.4, -0.2) is 25.5 Å². The Labute approximate surface area is 165 Å². The van der Waals surface area contributed by atoms with Crippen molar-refractivity contribution in [1.82, 2.24) is 19.6 Å². The Morgan fingerprint density at radius 1 is 1.23 bits per heavy atom. The van der Waals surface area contributed by atoms with E-state index in [0.29, 0.717) is 27.4 Å². The van der Waals surface area contributed by atoms with Crippen LogP contribution in [0.4, 0.5) is 5.69 Å². The van der Waals surface area contributed by atoms with E-state index in [1.807, 2.05) is 49.7 Å². The van der Waals surface area contributed by atoms with E-state index >= 15 is 0 Å². The number of carbonyl (C=O) groups excluding carboxylic acids is 1. The van der Waals surface area contributed by atoms with Crippen LogP contribution in [-0.2, 0) is 13.6 Å². The summed E-state index contributed by atoms with van der Waals surface area (Å²) in [4.78, 5) is 12.6. The molecule has 2 heterocycles. The second-order valence-corrected chi connectivity index (χ2v) is 7.39. The van der Waals surface area contributed by atoms with E-state index in [1.54, 1.807) is 11.7 Å². The zero-order chi connectivity index (χ0) is 19.0. The summed E-state index contributed by atoms with van der Waals surface area (Å²) in [5.74, 6) is -0.269. The van der Waals surface area contributed by atoms with Crippen LogP contribution in [0.2, 0.25) is 5.02 Å². The number of anilines is 1. The van der Waals surface area contributed by atoms with Gasteiger partial charge in [0.15, 0.2) is 5.69 Å². The molecule has 8 heteroatoms. The van der Waals surface area contributed by atoms with Crippen LogP contribution in [0.15, 0.2) is 28.7 Å². The third-order valence-electron chi connectivity index (χ3n) is 4.32. The predicted octanol–water partition coefficient (Wildman–Crippen LogP) is 4.26. The molecule has 3 aromatic rings. The Morgan fingerprint density at radius 3 is 2.58 bits per heavy atom. The fourth-order valence-corrected chi connectivity index (χ4v) is 3.47. The molecule has 0 aliphatic carbocycles. The van der Waals surface area contributed by atoms with Crippen LogP contribution in [0, 0.1) is 20.8 Å². The molecule has 0 aliphatic heterocycles. The molecular weight excluding hydrogens is 418 g/mol. The first-order valence-electron chi connectivity index (χ1n) is 8.06. The molecule has 0 spiro atoms. The van der Waals surface area contributed by atoms with Crippen molar-refractivity contribution in [2.75, 3.05) is 5.32 Å². The van der Waals surface area contributed by atoms with Crippen LogP contribution < -0.4 is 5.32 Å². The second kappa shape index (κ2) is 7.25. The van der Waals surface area contributed by atoms with E-state index in [-0.39, 0.29) is 5.91 Å². The van der Waals surface area contributed by atoms with Crippen molar-refractivity contribution in [3.63, 3.8) is 0 Å². The molecule has 26 heavy (non-hydrogen) atoms. The zero-order valence-electron chi connectivity index (χ0n) is 15.0. The lowest BCUT2D eigenvalue weighted by Crippen LogP contribution is -2.15. The monoisotopic (exact) mass is 435 g/mol. The van der Waals surface area contributed by atoms with E-state index in [0.717, 1.165) is 22.6 Å². The van der Waals surface area contributed by atoms with Gasteiger partial charge in [-0.25, -0.2) is 0 Å². The highest BCUT2D eigenvalue weighted by molar-refractivity contribution is 9.10. The average Bonchev–Trinajstić information content (AvgIpc) is 2.99. The number of halogens is 2. The second-order valence-electron chi connectivity index (χ2n) is 6.16. The standard InChI is InChI=1S/C18H19BrClN5O/c1-10-16(21-18(26)17-15(19)11(2)24(4)23-17)12(3)25(22-10)9-13-6-5-7-14(20)8-13/h5-8H,9H2,1-4H3,(H,21,26). The van der Waals surface area contributed by atoms with Crippen molar-refractivity contribution in [2.45, 2.75) is 27.3 Å². The zero-order valence-corrected chi connectivity index (χ0v) is 17.3. The van der Waals surface area contributed by atoms with Gasteiger partial charge in [0, 0.05) is 12.1 Å². The first-order valence-corrected chi connectivity index (χ1v) is 9.24. The van der Waals surface area contributed by atoms with Gasteiger partial charge in [0.1, 0.15) is 0 Å². The quantitative estimate of drug-likeness (QED) is 0.664. The smallest absolute Gasteiger partial charge is 0.277 e. The summed E-state index contributed by atoms with van der Waals surface area (Å²) >= 11 is 9.48. The lowest BCUT2D eigenvalue weighted by Gasteiger charge is -2.07. The lowest BCUT2D eigenvalue weighted by molar-refractivity contribution is 0.102. The maximum Gasteiger partial charge on any atom is 0.277 e. The highest BCUT2D eigenvalue weighted by atomic mass is 79.9. The Kier molecular flexibility index (Phi) is 5.20. The molecule has 1 amide bonds. The van der Waals surface area contributed by atoms with Crippen LogP contribution in [0.1, 0.15) is 33.1 Å². The fraction of sp³-hybridized carbons (Fsp3) is 0.278. The fourth-order valence-electron chi connectivity index (χ4n) is 2.74. The molecular formula is C18H19BrClN5O. The van der Waals surface area contributed by atoms with Crippen molar-refractivity contribution >= 4 is 39.1 Å². The minimum Gasteiger partial charge on any atom is -0.317 e. The largest absolute Gasteiger partial charge is 0.317 e. The van der Waals surface area contributed by atoms with E-state index in [1.165, 1.54) is 0 Å². The minimum atomic E-state index is -0.269. The molecule has 1 aromatic carbocycles. The summed E-state index contributed by atoms with van der Waals surface area (Å²) < 4.78 is 4.22. The topological polar surface area (TPSA) is 64.7 Å². The third kappa shape index (κ3) is 3.54. The van der Waals surface area contributed by atoms with Gasteiger partial charge in [-0.05, 0) is 54.4 Å². The van der Waals surface area contributed by atoms with Crippen LogP contribution in [0.3, 0.4) is 0 Å². The molecule has 2 aromatic heterocycles. The van der Waals surface area contributed by atoms with E-state index in [4.69, 9.17) is 11.6 Å². The van der Waals surface area contributed by atoms with Crippen molar-refractivity contribution in [3.8, 4) is 0 Å². The van der Waals surface area contributed by atoms with Crippen molar-refractivity contribution < 1.29 is 4.79 Å². The molecule has 0 radical (unpaired) electrons. The maximum atomic E-state index is 12.6. The van der Waals surface area contributed by atoms with Gasteiger partial charge >= 0.3 is 0 Å². The SMILES string of the molecule is Cc1nn(Cc2cccc(Cl)c2)c(C)c1NC(=O)c1nn(C)c(C)c1Br. The van der Waals surface area contributed by atoms with E-state index < -0.39 is 0 Å². The van der Waals surface area contributed by atoms with Crippen molar-refractivity contribution in [1.29, 1.82) is 0 Å². The van der Waals surface area contributed by atoms with Gasteiger partial charge in [0.05, 0.1) is 33.8 Å². The van der Waals surface area contributed by atoms with Crippen molar-refractivity contribution in [2.24, 2.45) is 7.05 Å². The summed E-state index contributed by atoms with van der Waals surface area (Å²) in [6.07, 6.45) is 0. The maximum absolute atomic E-state index is 12.6. The summed E-state index contributed by atoms with van der Waals surface area (Å²) in [5, 5.41) is 12.4. The van der Waals surface area contributed by atoms with Crippen LogP contribution in [0.5, 0.6) is 0 Å². The lowest BCUT2D eigenvalue weighted by atomic mass is 10.2. The average molecular weight is 437 g/mol. The Balaban J connectivity index is 1.86. The van der Waals surface area contributed by atoms with Crippen LogP contribution in [0.25, 0.3) is 0 Å². The van der Waals surface area contributed by atoms with E-state index in [2.05, 4.69) is 31.4 Å². The number of aryl methyl sites for hydroxylation is 2. The van der Waals surface area contributed by atoms with E-state index in [9.17, 15) is 4.79 Å². The first kappa shape index (κ1) is 18.7. The Bertz CT molecular complexity index is 992. The molecule has 136 valence electrons. The third-order valence-corrected chi connectivity index (χ3v) is 5.50. The molecule has 0 saturated carbocycles. The van der Waals surface area contributed by atoms with Gasteiger partial charge in [-0.3, -0.25) is 14.2 Å². The summed E-state index contributed by atoms with van der Waals surface area (Å²) in [6.45, 7) is 6.28. The molecule has 0 unspecified atom stereocenters. The molecule has 0 bridgehead atoms. The number of carbonyl (C=O) groups is 1. The molecule has 0 atom stereocenters. The molecule has 1 N–H and O–H groups in total. The highest BCUT2D eigenvalue weighted by Gasteiger charge is 2.21. The predicted molar refractivity (Wildman–Crippen MR) is 106 cm³/mol. The number of hydrogen-bond acceptors (Lipinski definition) is 3. The normalized spacial score (nSPS) is 11.0. The summed E-state index contributed by atoms with van der Waals surface area (Å²) in [7, 11) is 1.80. The van der Waals surface area contributed by atoms with Gasteiger partial charge in [-0.1, -0.05) is 23.7 Å².